The van der Waals surface area contributed by atoms with Crippen LogP contribution in [0.5, 0.6) is 0 Å². The molecule has 3 heteroatoms. The maximum atomic E-state index is 6.01. The van der Waals surface area contributed by atoms with Gasteiger partial charge in [-0.05, 0) is 36.5 Å². The van der Waals surface area contributed by atoms with Crippen molar-refractivity contribution >= 4 is 11.6 Å². The lowest BCUT2D eigenvalue weighted by Crippen LogP contribution is -2.49. The Hall–Kier alpha value is -0.570. The van der Waals surface area contributed by atoms with Crippen molar-refractivity contribution in [2.45, 2.75) is 38.0 Å². The van der Waals surface area contributed by atoms with Crippen LogP contribution in [0.2, 0.25) is 5.02 Å². The van der Waals surface area contributed by atoms with Crippen LogP contribution in [0.25, 0.3) is 0 Å². The second-order valence-corrected chi connectivity index (χ2v) is 6.46. The van der Waals surface area contributed by atoms with Gasteiger partial charge in [0.2, 0.25) is 0 Å². The van der Waals surface area contributed by atoms with E-state index in [1.165, 1.54) is 31.2 Å². The van der Waals surface area contributed by atoms with Gasteiger partial charge in [-0.2, -0.15) is 0 Å². The molecule has 0 saturated heterocycles. The minimum Gasteiger partial charge on any atom is -0.383 e. The van der Waals surface area contributed by atoms with Gasteiger partial charge in [0.15, 0.2) is 0 Å². The monoisotopic (exact) mass is 295 g/mol. The highest BCUT2D eigenvalue weighted by Crippen LogP contribution is 2.49. The Bertz CT molecular complexity index is 398. The predicted octanol–water partition coefficient (Wildman–Crippen LogP) is 4.02. The molecule has 0 aliphatic heterocycles. The molecule has 0 bridgehead atoms. The molecule has 0 radical (unpaired) electrons. The number of benzene rings is 1. The molecule has 0 heterocycles. The van der Waals surface area contributed by atoms with Crippen LogP contribution >= 0.6 is 11.6 Å². The molecule has 0 amide bonds. The molecule has 2 nitrogen and oxygen atoms in total. The van der Waals surface area contributed by atoms with Crippen LogP contribution in [-0.4, -0.2) is 26.8 Å². The predicted molar refractivity (Wildman–Crippen MR) is 85.5 cm³/mol. The minimum atomic E-state index is 0.304. The van der Waals surface area contributed by atoms with E-state index in [4.69, 9.17) is 16.3 Å². The molecule has 1 fully saturated rings. The van der Waals surface area contributed by atoms with Crippen LogP contribution < -0.4 is 5.32 Å². The van der Waals surface area contributed by atoms with E-state index in [-0.39, 0.29) is 0 Å². The topological polar surface area (TPSA) is 21.3 Å². The fourth-order valence-corrected chi connectivity index (χ4v) is 3.57. The van der Waals surface area contributed by atoms with E-state index in [1.54, 1.807) is 7.11 Å². The normalized spacial score (nSPS) is 25.4. The van der Waals surface area contributed by atoms with Gasteiger partial charge >= 0.3 is 0 Å². The Balaban J connectivity index is 2.00. The van der Waals surface area contributed by atoms with E-state index in [9.17, 15) is 0 Å². The molecule has 0 spiro atoms. The van der Waals surface area contributed by atoms with Gasteiger partial charge < -0.3 is 10.1 Å². The van der Waals surface area contributed by atoms with Gasteiger partial charge in [-0.1, -0.05) is 43.5 Å². The first-order valence-electron chi connectivity index (χ1n) is 7.66. The number of hydrogen-bond donors (Lipinski definition) is 1. The van der Waals surface area contributed by atoms with Crippen molar-refractivity contribution in [3.63, 3.8) is 0 Å². The van der Waals surface area contributed by atoms with E-state index in [0.29, 0.717) is 5.41 Å². The van der Waals surface area contributed by atoms with Crippen molar-refractivity contribution in [3.8, 4) is 0 Å². The summed E-state index contributed by atoms with van der Waals surface area (Å²) in [4.78, 5) is 0. The maximum absolute atomic E-state index is 6.01. The summed E-state index contributed by atoms with van der Waals surface area (Å²) in [6.07, 6.45) is 5.23. The van der Waals surface area contributed by atoms with Gasteiger partial charge in [-0.25, -0.2) is 0 Å². The van der Waals surface area contributed by atoms with Gasteiger partial charge in [0.25, 0.3) is 0 Å². The van der Waals surface area contributed by atoms with Crippen molar-refractivity contribution in [3.05, 3.63) is 34.9 Å². The van der Waals surface area contributed by atoms with E-state index in [1.807, 2.05) is 12.1 Å². The third-order valence-corrected chi connectivity index (χ3v) is 4.71. The summed E-state index contributed by atoms with van der Waals surface area (Å²) in [5, 5.41) is 4.37. The summed E-state index contributed by atoms with van der Waals surface area (Å²) >= 11 is 6.01. The second-order valence-electron chi connectivity index (χ2n) is 6.02. The Labute approximate surface area is 127 Å². The molecule has 0 aromatic heterocycles. The second kappa shape index (κ2) is 7.44. The van der Waals surface area contributed by atoms with Crippen LogP contribution in [-0.2, 0) is 10.2 Å². The first-order chi connectivity index (χ1) is 9.70. The minimum absolute atomic E-state index is 0.304. The van der Waals surface area contributed by atoms with E-state index in [2.05, 4.69) is 24.4 Å². The number of rotatable bonds is 8. The molecular weight excluding hydrogens is 270 g/mol. The van der Waals surface area contributed by atoms with Crippen LogP contribution in [0.1, 0.15) is 38.2 Å². The van der Waals surface area contributed by atoms with Crippen LogP contribution in [0, 0.1) is 5.92 Å². The Morgan fingerprint density at radius 3 is 2.60 bits per heavy atom. The van der Waals surface area contributed by atoms with Crippen LogP contribution in [0.4, 0.5) is 0 Å². The molecule has 1 aliphatic carbocycles. The maximum Gasteiger partial charge on any atom is 0.0587 e. The third-order valence-electron chi connectivity index (χ3n) is 4.46. The van der Waals surface area contributed by atoms with Gasteiger partial charge in [0.1, 0.15) is 0 Å². The van der Waals surface area contributed by atoms with Crippen LogP contribution in [0.3, 0.4) is 0 Å². The molecule has 1 aromatic rings. The zero-order valence-electron chi connectivity index (χ0n) is 12.6. The first kappa shape index (κ1) is 15.8. The molecule has 112 valence electrons. The molecule has 2 rings (SSSR count). The standard InChI is InChI=1S/C17H26ClNO/c1-3-4-14-11-17(12-14,13-19-9-10-20-2)15-5-7-16(18)8-6-15/h5-8,14,19H,3-4,9-13H2,1-2H3. The summed E-state index contributed by atoms with van der Waals surface area (Å²) in [5.74, 6) is 0.889. The molecule has 0 atom stereocenters. The fourth-order valence-electron chi connectivity index (χ4n) is 3.45. The average molecular weight is 296 g/mol. The summed E-state index contributed by atoms with van der Waals surface area (Å²) in [6.45, 7) is 5.01. The highest BCUT2D eigenvalue weighted by atomic mass is 35.5. The van der Waals surface area contributed by atoms with E-state index < -0.39 is 0 Å². The molecule has 1 aromatic carbocycles. The van der Waals surface area contributed by atoms with Crippen LogP contribution in [0.15, 0.2) is 24.3 Å². The zero-order chi connectivity index (χ0) is 14.4. The largest absolute Gasteiger partial charge is 0.383 e. The van der Waals surface area contributed by atoms with Crippen molar-refractivity contribution in [1.82, 2.24) is 5.32 Å². The SMILES string of the molecule is CCCC1CC(CNCCOC)(c2ccc(Cl)cc2)C1. The summed E-state index contributed by atoms with van der Waals surface area (Å²) in [6, 6.07) is 8.42. The molecule has 1 aliphatic rings. The summed E-state index contributed by atoms with van der Waals surface area (Å²) in [7, 11) is 1.75. The Kier molecular flexibility index (Phi) is 5.88. The van der Waals surface area contributed by atoms with E-state index in [0.717, 1.165) is 30.6 Å². The Morgan fingerprint density at radius 1 is 1.30 bits per heavy atom. The van der Waals surface area contributed by atoms with Gasteiger partial charge in [0.05, 0.1) is 6.61 Å². The van der Waals surface area contributed by atoms with Gasteiger partial charge in [-0.3, -0.25) is 0 Å². The zero-order valence-corrected chi connectivity index (χ0v) is 13.4. The number of ether oxygens (including phenoxy) is 1. The highest BCUT2D eigenvalue weighted by molar-refractivity contribution is 6.30. The Morgan fingerprint density at radius 2 is 2.00 bits per heavy atom. The van der Waals surface area contributed by atoms with Gasteiger partial charge in [-0.15, -0.1) is 0 Å². The number of methoxy groups -OCH3 is 1. The first-order valence-corrected chi connectivity index (χ1v) is 8.03. The fraction of sp³-hybridized carbons (Fsp3) is 0.647. The number of hydrogen-bond acceptors (Lipinski definition) is 2. The van der Waals surface area contributed by atoms with Gasteiger partial charge in [0, 0.05) is 30.6 Å². The molecule has 1 N–H and O–H groups in total. The van der Waals surface area contributed by atoms with Crippen molar-refractivity contribution < 1.29 is 4.74 Å². The summed E-state index contributed by atoms with van der Waals surface area (Å²) < 4.78 is 5.11. The average Bonchev–Trinajstić information content (AvgIpc) is 2.41. The summed E-state index contributed by atoms with van der Waals surface area (Å²) in [5.41, 5.74) is 1.73. The lowest BCUT2D eigenvalue weighted by atomic mass is 9.57. The molecule has 0 unspecified atom stereocenters. The third kappa shape index (κ3) is 3.75. The van der Waals surface area contributed by atoms with Crippen molar-refractivity contribution in [2.75, 3.05) is 26.8 Å². The molecule has 20 heavy (non-hydrogen) atoms. The lowest BCUT2D eigenvalue weighted by Gasteiger charge is -2.49. The van der Waals surface area contributed by atoms with Crippen molar-refractivity contribution in [1.29, 1.82) is 0 Å². The smallest absolute Gasteiger partial charge is 0.0587 e. The number of nitrogens with one attached hydrogen (secondary N) is 1. The molecule has 1 saturated carbocycles. The lowest BCUT2D eigenvalue weighted by molar-refractivity contribution is 0.123. The highest BCUT2D eigenvalue weighted by Gasteiger charge is 2.44. The van der Waals surface area contributed by atoms with Crippen molar-refractivity contribution in [2.24, 2.45) is 5.92 Å². The number of halogens is 1. The van der Waals surface area contributed by atoms with E-state index >= 15 is 0 Å². The quantitative estimate of drug-likeness (QED) is 0.731. The molecular formula is C17H26ClNO.